The van der Waals surface area contributed by atoms with Crippen LogP contribution < -0.4 is 9.62 Å². The van der Waals surface area contributed by atoms with E-state index < -0.39 is 10.0 Å². The summed E-state index contributed by atoms with van der Waals surface area (Å²) >= 11 is 0. The summed E-state index contributed by atoms with van der Waals surface area (Å²) in [5, 5.41) is 2.83. The van der Waals surface area contributed by atoms with Gasteiger partial charge in [0.1, 0.15) is 6.54 Å². The van der Waals surface area contributed by atoms with E-state index in [1.807, 2.05) is 39.8 Å². The zero-order chi connectivity index (χ0) is 16.9. The number of amides is 1. The first-order valence-corrected chi connectivity index (χ1v) is 9.36. The van der Waals surface area contributed by atoms with Crippen molar-refractivity contribution in [2.24, 2.45) is 5.92 Å². The van der Waals surface area contributed by atoms with Crippen LogP contribution in [0.1, 0.15) is 33.3 Å². The zero-order valence-electron chi connectivity index (χ0n) is 14.0. The lowest BCUT2D eigenvalue weighted by molar-refractivity contribution is -0.120. The molecule has 5 nitrogen and oxygen atoms in total. The molecule has 0 saturated heterocycles. The normalized spacial score (nSPS) is 13.0. The number of carbonyl (C=O) groups is 1. The van der Waals surface area contributed by atoms with Crippen LogP contribution in [0, 0.1) is 5.92 Å². The Hall–Kier alpha value is -1.56. The third kappa shape index (κ3) is 5.33. The maximum atomic E-state index is 12.1. The summed E-state index contributed by atoms with van der Waals surface area (Å²) < 4.78 is 25.1. The second-order valence-electron chi connectivity index (χ2n) is 5.89. The Kier molecular flexibility index (Phi) is 6.41. The van der Waals surface area contributed by atoms with Crippen LogP contribution >= 0.6 is 0 Å². The predicted molar refractivity (Wildman–Crippen MR) is 90.5 cm³/mol. The number of nitrogens with zero attached hydrogens (tertiary/aromatic N) is 1. The number of benzene rings is 1. The fraction of sp³-hybridized carbons (Fsp3) is 0.562. The minimum atomic E-state index is -3.52. The number of hydrogen-bond acceptors (Lipinski definition) is 3. The second kappa shape index (κ2) is 7.63. The minimum Gasteiger partial charge on any atom is -0.352 e. The van der Waals surface area contributed by atoms with E-state index in [0.717, 1.165) is 22.5 Å². The molecule has 1 rings (SSSR count). The largest absolute Gasteiger partial charge is 0.352 e. The molecule has 0 aliphatic rings. The standard InChI is InChI=1S/C16H26N2O3S/c1-6-14-7-9-15(10-8-14)18(22(5,20)21)11-16(19)17-13(4)12(2)3/h7-10,12-13H,6,11H2,1-5H3,(H,17,19). The summed E-state index contributed by atoms with van der Waals surface area (Å²) in [6.45, 7) is 7.74. The van der Waals surface area contributed by atoms with E-state index in [4.69, 9.17) is 0 Å². The quantitative estimate of drug-likeness (QED) is 0.835. The number of aryl methyl sites for hydroxylation is 1. The van der Waals surface area contributed by atoms with Crippen molar-refractivity contribution < 1.29 is 13.2 Å². The van der Waals surface area contributed by atoms with Crippen LogP contribution in [0.25, 0.3) is 0 Å². The van der Waals surface area contributed by atoms with E-state index in [9.17, 15) is 13.2 Å². The third-order valence-electron chi connectivity index (χ3n) is 3.71. The van der Waals surface area contributed by atoms with E-state index in [-0.39, 0.29) is 18.5 Å². The molecule has 0 heterocycles. The average molecular weight is 326 g/mol. The lowest BCUT2D eigenvalue weighted by Gasteiger charge is -2.24. The van der Waals surface area contributed by atoms with Crippen molar-refractivity contribution in [2.75, 3.05) is 17.1 Å². The number of sulfonamides is 1. The first kappa shape index (κ1) is 18.5. The van der Waals surface area contributed by atoms with Crippen LogP contribution in [-0.4, -0.2) is 33.2 Å². The van der Waals surface area contributed by atoms with Gasteiger partial charge in [-0.25, -0.2) is 8.42 Å². The zero-order valence-corrected chi connectivity index (χ0v) is 14.8. The van der Waals surface area contributed by atoms with Crippen LogP contribution in [0.2, 0.25) is 0 Å². The van der Waals surface area contributed by atoms with Crippen molar-refractivity contribution >= 4 is 21.6 Å². The van der Waals surface area contributed by atoms with Crippen molar-refractivity contribution in [3.63, 3.8) is 0 Å². The molecule has 0 aliphatic carbocycles. The molecule has 1 atom stereocenters. The molecule has 124 valence electrons. The Morgan fingerprint density at radius 1 is 1.18 bits per heavy atom. The van der Waals surface area contributed by atoms with Gasteiger partial charge in [-0.05, 0) is 37.0 Å². The summed E-state index contributed by atoms with van der Waals surface area (Å²) in [4.78, 5) is 12.1. The van der Waals surface area contributed by atoms with Gasteiger partial charge in [0.15, 0.2) is 0 Å². The molecule has 1 aromatic rings. The molecule has 1 aromatic carbocycles. The van der Waals surface area contributed by atoms with Gasteiger partial charge in [-0.2, -0.15) is 0 Å². The smallest absolute Gasteiger partial charge is 0.240 e. The van der Waals surface area contributed by atoms with Crippen molar-refractivity contribution in [3.8, 4) is 0 Å². The molecule has 1 amide bonds. The van der Waals surface area contributed by atoms with Gasteiger partial charge in [0.2, 0.25) is 15.9 Å². The van der Waals surface area contributed by atoms with E-state index in [1.165, 1.54) is 0 Å². The summed E-state index contributed by atoms with van der Waals surface area (Å²) in [6.07, 6.45) is 1.99. The second-order valence-corrected chi connectivity index (χ2v) is 7.80. The van der Waals surface area contributed by atoms with E-state index in [1.54, 1.807) is 12.1 Å². The Labute approximate surface area is 133 Å². The van der Waals surface area contributed by atoms with Crippen LogP contribution in [0.15, 0.2) is 24.3 Å². The maximum absolute atomic E-state index is 12.1. The van der Waals surface area contributed by atoms with Gasteiger partial charge in [-0.3, -0.25) is 9.10 Å². The molecule has 0 fully saturated rings. The monoisotopic (exact) mass is 326 g/mol. The Morgan fingerprint density at radius 2 is 1.73 bits per heavy atom. The molecular formula is C16H26N2O3S. The van der Waals surface area contributed by atoms with Gasteiger partial charge in [0.25, 0.3) is 0 Å². The minimum absolute atomic E-state index is 0.00335. The van der Waals surface area contributed by atoms with Gasteiger partial charge >= 0.3 is 0 Å². The number of anilines is 1. The van der Waals surface area contributed by atoms with E-state index in [0.29, 0.717) is 11.6 Å². The molecule has 0 radical (unpaired) electrons. The first-order valence-electron chi connectivity index (χ1n) is 7.51. The lowest BCUT2D eigenvalue weighted by atomic mass is 10.1. The molecule has 0 saturated carbocycles. The summed E-state index contributed by atoms with van der Waals surface area (Å²) in [5.41, 5.74) is 1.63. The molecule has 0 bridgehead atoms. The van der Waals surface area contributed by atoms with Gasteiger partial charge in [-0.1, -0.05) is 32.9 Å². The Balaban J connectivity index is 2.92. The van der Waals surface area contributed by atoms with Crippen molar-refractivity contribution in [1.29, 1.82) is 0 Å². The van der Waals surface area contributed by atoms with Crippen LogP contribution in [0.3, 0.4) is 0 Å². The lowest BCUT2D eigenvalue weighted by Crippen LogP contribution is -2.44. The third-order valence-corrected chi connectivity index (χ3v) is 4.85. The molecule has 0 aromatic heterocycles. The fourth-order valence-corrected chi connectivity index (χ4v) is 2.75. The Bertz CT molecular complexity index is 594. The highest BCUT2D eigenvalue weighted by Gasteiger charge is 2.22. The predicted octanol–water partition coefficient (Wildman–Crippen LogP) is 2.18. The van der Waals surface area contributed by atoms with Crippen LogP contribution in [0.5, 0.6) is 0 Å². The first-order chi connectivity index (χ1) is 10.1. The summed E-state index contributed by atoms with van der Waals surface area (Å²) in [5.74, 6) is -0.00864. The van der Waals surface area contributed by atoms with Gasteiger partial charge in [0, 0.05) is 6.04 Å². The average Bonchev–Trinajstić information content (AvgIpc) is 2.43. The molecule has 0 aliphatic heterocycles. The SMILES string of the molecule is CCc1ccc(N(CC(=O)NC(C)C(C)C)S(C)(=O)=O)cc1. The molecule has 1 unspecified atom stereocenters. The number of nitrogens with one attached hydrogen (secondary N) is 1. The van der Waals surface area contributed by atoms with Crippen LogP contribution in [0.4, 0.5) is 5.69 Å². The van der Waals surface area contributed by atoms with Crippen LogP contribution in [-0.2, 0) is 21.2 Å². The molecule has 6 heteroatoms. The number of hydrogen-bond donors (Lipinski definition) is 1. The number of rotatable bonds is 7. The summed E-state index contributed by atoms with van der Waals surface area (Å²) in [6, 6.07) is 7.22. The fourth-order valence-electron chi connectivity index (χ4n) is 1.89. The topological polar surface area (TPSA) is 66.5 Å². The van der Waals surface area contributed by atoms with E-state index >= 15 is 0 Å². The molecule has 0 spiro atoms. The highest BCUT2D eigenvalue weighted by molar-refractivity contribution is 7.92. The van der Waals surface area contributed by atoms with Crippen molar-refractivity contribution in [1.82, 2.24) is 5.32 Å². The van der Waals surface area contributed by atoms with Gasteiger partial charge < -0.3 is 5.32 Å². The number of carbonyl (C=O) groups excluding carboxylic acids is 1. The van der Waals surface area contributed by atoms with Gasteiger partial charge in [0.05, 0.1) is 11.9 Å². The summed E-state index contributed by atoms with van der Waals surface area (Å²) in [7, 11) is -3.52. The molecular weight excluding hydrogens is 300 g/mol. The molecule has 22 heavy (non-hydrogen) atoms. The van der Waals surface area contributed by atoms with E-state index in [2.05, 4.69) is 5.32 Å². The Morgan fingerprint density at radius 3 is 2.14 bits per heavy atom. The van der Waals surface area contributed by atoms with Gasteiger partial charge in [-0.15, -0.1) is 0 Å². The molecule has 1 N–H and O–H groups in total. The maximum Gasteiger partial charge on any atom is 0.240 e. The van der Waals surface area contributed by atoms with Crippen molar-refractivity contribution in [2.45, 2.75) is 40.2 Å². The highest BCUT2D eigenvalue weighted by Crippen LogP contribution is 2.18. The highest BCUT2D eigenvalue weighted by atomic mass is 32.2. The van der Waals surface area contributed by atoms with Crippen molar-refractivity contribution in [3.05, 3.63) is 29.8 Å².